The van der Waals surface area contributed by atoms with Crippen molar-refractivity contribution >= 4 is 23.5 Å². The summed E-state index contributed by atoms with van der Waals surface area (Å²) in [5.74, 6) is 0. The quantitative estimate of drug-likeness (QED) is 0.753. The second kappa shape index (κ2) is 8.99. The van der Waals surface area contributed by atoms with Crippen molar-refractivity contribution < 1.29 is 14.6 Å². The summed E-state index contributed by atoms with van der Waals surface area (Å²) in [6.07, 6.45) is 2.92. The van der Waals surface area contributed by atoms with Crippen LogP contribution < -0.4 is 0 Å². The zero-order valence-corrected chi connectivity index (χ0v) is 16.0. The molecule has 0 fully saturated rings. The van der Waals surface area contributed by atoms with Crippen molar-refractivity contribution in [3.8, 4) is 0 Å². The van der Waals surface area contributed by atoms with Crippen molar-refractivity contribution in [2.24, 2.45) is 0 Å². The van der Waals surface area contributed by atoms with Gasteiger partial charge in [-0.1, -0.05) is 6.08 Å². The van der Waals surface area contributed by atoms with Gasteiger partial charge in [-0.3, -0.25) is 0 Å². The van der Waals surface area contributed by atoms with E-state index in [2.05, 4.69) is 11.6 Å². The first-order valence-corrected chi connectivity index (χ1v) is 8.87. The highest BCUT2D eigenvalue weighted by atomic mass is 32.1. The average Bonchev–Trinajstić information content (AvgIpc) is 2.86. The number of rotatable bonds is 7. The minimum Gasteiger partial charge on any atom is -0.444 e. The summed E-state index contributed by atoms with van der Waals surface area (Å²) in [6.45, 7) is 13.7. The Kier molecular flexibility index (Phi) is 7.63. The number of aromatic nitrogens is 1. The maximum atomic E-state index is 12.2. The summed E-state index contributed by atoms with van der Waals surface area (Å²) >= 11 is 1.57. The molecule has 0 spiro atoms. The number of aliphatic hydroxyl groups excluding tert-OH is 1. The van der Waals surface area contributed by atoms with Crippen LogP contribution in [0.4, 0.5) is 4.79 Å². The molecule has 0 unspecified atom stereocenters. The third-order valence-electron chi connectivity index (χ3n) is 3.21. The lowest BCUT2D eigenvalue weighted by Gasteiger charge is -2.27. The Hall–Kier alpha value is -1.66. The van der Waals surface area contributed by atoms with Crippen LogP contribution >= 0.6 is 11.3 Å². The smallest absolute Gasteiger partial charge is 0.410 e. The van der Waals surface area contributed by atoms with E-state index in [0.29, 0.717) is 19.5 Å². The van der Waals surface area contributed by atoms with E-state index in [0.717, 1.165) is 16.3 Å². The number of hydrogen-bond donors (Lipinski definition) is 1. The van der Waals surface area contributed by atoms with Gasteiger partial charge in [0.2, 0.25) is 0 Å². The number of aryl methyl sites for hydroxylation is 1. The monoisotopic (exact) mass is 352 g/mol. The van der Waals surface area contributed by atoms with E-state index in [4.69, 9.17) is 4.74 Å². The summed E-state index contributed by atoms with van der Waals surface area (Å²) in [4.78, 5) is 18.1. The highest BCUT2D eigenvalue weighted by Crippen LogP contribution is 2.16. The molecule has 0 aromatic carbocycles. The van der Waals surface area contributed by atoms with Crippen LogP contribution in [-0.2, 0) is 4.74 Å². The van der Waals surface area contributed by atoms with E-state index in [9.17, 15) is 9.90 Å². The van der Waals surface area contributed by atoms with E-state index < -0.39 is 17.8 Å². The summed E-state index contributed by atoms with van der Waals surface area (Å²) in [6, 6.07) is 0. The largest absolute Gasteiger partial charge is 0.444 e. The van der Waals surface area contributed by atoms with Gasteiger partial charge in [0.1, 0.15) is 5.60 Å². The fourth-order valence-electron chi connectivity index (χ4n) is 2.02. The fourth-order valence-corrected chi connectivity index (χ4v) is 2.59. The van der Waals surface area contributed by atoms with Gasteiger partial charge >= 0.3 is 6.09 Å². The zero-order chi connectivity index (χ0) is 18.3. The maximum absolute atomic E-state index is 12.2. The fraction of sp³-hybridized carbons (Fsp3) is 0.556. The van der Waals surface area contributed by atoms with Crippen molar-refractivity contribution in [1.82, 2.24) is 9.88 Å². The minimum atomic E-state index is -0.637. The number of carbonyl (C=O) groups is 1. The Morgan fingerprint density at radius 1 is 1.54 bits per heavy atom. The molecule has 1 heterocycles. The van der Waals surface area contributed by atoms with Gasteiger partial charge in [0.05, 0.1) is 16.8 Å². The van der Waals surface area contributed by atoms with Crippen LogP contribution in [0.3, 0.4) is 0 Å². The van der Waals surface area contributed by atoms with E-state index >= 15 is 0 Å². The van der Waals surface area contributed by atoms with Gasteiger partial charge < -0.3 is 14.7 Å². The van der Waals surface area contributed by atoms with Crippen molar-refractivity contribution in [1.29, 1.82) is 0 Å². The van der Waals surface area contributed by atoms with Crippen LogP contribution in [0.1, 0.15) is 44.8 Å². The third kappa shape index (κ3) is 7.27. The van der Waals surface area contributed by atoms with Crippen LogP contribution in [0.15, 0.2) is 23.6 Å². The molecule has 5 nitrogen and oxygen atoms in total. The normalized spacial score (nSPS) is 13.5. The van der Waals surface area contributed by atoms with Gasteiger partial charge in [-0.15, -0.1) is 17.9 Å². The highest BCUT2D eigenvalue weighted by Gasteiger charge is 2.22. The number of thiazole rings is 1. The predicted molar refractivity (Wildman–Crippen MR) is 99.1 cm³/mol. The van der Waals surface area contributed by atoms with Crippen LogP contribution in [0.2, 0.25) is 0 Å². The summed E-state index contributed by atoms with van der Waals surface area (Å²) in [5, 5.41) is 13.3. The number of aliphatic hydroxyl groups is 1. The second-order valence-corrected chi connectivity index (χ2v) is 7.76. The Morgan fingerprint density at radius 2 is 2.21 bits per heavy atom. The molecule has 1 aromatic rings. The highest BCUT2D eigenvalue weighted by molar-refractivity contribution is 7.09. The van der Waals surface area contributed by atoms with Crippen LogP contribution in [0.25, 0.3) is 6.08 Å². The second-order valence-electron chi connectivity index (χ2n) is 6.70. The van der Waals surface area contributed by atoms with Gasteiger partial charge in [-0.25, -0.2) is 9.78 Å². The van der Waals surface area contributed by atoms with Crippen LogP contribution in [-0.4, -0.2) is 45.9 Å². The topological polar surface area (TPSA) is 62.7 Å². The summed E-state index contributed by atoms with van der Waals surface area (Å²) in [5.41, 5.74) is 1.13. The van der Waals surface area contributed by atoms with Gasteiger partial charge in [0, 0.05) is 18.5 Å². The van der Waals surface area contributed by atoms with Crippen molar-refractivity contribution in [2.45, 2.75) is 52.7 Å². The Morgan fingerprint density at radius 3 is 2.71 bits per heavy atom. The lowest BCUT2D eigenvalue weighted by atomic mass is 10.1. The SMILES string of the molecule is C=CCN(CC[C@H](O)/C(C)=C/c1csc(C)n1)C(=O)OC(C)(C)C. The molecule has 1 amide bonds. The molecule has 0 aliphatic carbocycles. The van der Waals surface area contributed by atoms with E-state index in [-0.39, 0.29) is 0 Å². The zero-order valence-electron chi connectivity index (χ0n) is 15.2. The Bertz CT molecular complexity index is 587. The molecular formula is C18H28N2O3S. The Balaban J connectivity index is 2.63. The first-order valence-electron chi connectivity index (χ1n) is 7.99. The van der Waals surface area contributed by atoms with Crippen molar-refractivity contribution in [3.05, 3.63) is 34.3 Å². The molecule has 0 saturated heterocycles. The standard InChI is InChI=1S/C18H28N2O3S/c1-7-9-20(17(22)23-18(4,5)6)10-8-16(21)13(2)11-15-12-24-14(3)19-15/h7,11-12,16,21H,1,8-10H2,2-6H3/b13-11+/t16-/m0/s1. The molecular weight excluding hydrogens is 324 g/mol. The van der Waals surface area contributed by atoms with Crippen molar-refractivity contribution in [3.63, 3.8) is 0 Å². The Labute approximate surface area is 148 Å². The van der Waals surface area contributed by atoms with Gasteiger partial charge in [0.15, 0.2) is 0 Å². The molecule has 1 aromatic heterocycles. The third-order valence-corrected chi connectivity index (χ3v) is 4.00. The van der Waals surface area contributed by atoms with Crippen LogP contribution in [0, 0.1) is 6.92 Å². The number of ether oxygens (including phenoxy) is 1. The first-order chi connectivity index (χ1) is 11.1. The van der Waals surface area contributed by atoms with Gasteiger partial charge in [-0.2, -0.15) is 0 Å². The molecule has 0 radical (unpaired) electrons. The molecule has 1 rings (SSSR count). The van der Waals surface area contributed by atoms with Crippen LogP contribution in [0.5, 0.6) is 0 Å². The summed E-state index contributed by atoms with van der Waals surface area (Å²) in [7, 11) is 0. The molecule has 0 aliphatic heterocycles. The number of carbonyl (C=O) groups excluding carboxylic acids is 1. The lowest BCUT2D eigenvalue weighted by molar-refractivity contribution is 0.0252. The maximum Gasteiger partial charge on any atom is 0.410 e. The van der Waals surface area contributed by atoms with E-state index in [1.54, 1.807) is 22.3 Å². The molecule has 24 heavy (non-hydrogen) atoms. The average molecular weight is 353 g/mol. The first kappa shape index (κ1) is 20.4. The van der Waals surface area contributed by atoms with E-state index in [1.165, 1.54) is 0 Å². The molecule has 0 bridgehead atoms. The minimum absolute atomic E-state index is 0.385. The molecule has 1 N–H and O–H groups in total. The molecule has 0 aliphatic rings. The molecule has 6 heteroatoms. The van der Waals surface area contributed by atoms with E-state index in [1.807, 2.05) is 46.1 Å². The van der Waals surface area contributed by atoms with Crippen molar-refractivity contribution in [2.75, 3.05) is 13.1 Å². The molecule has 1 atom stereocenters. The van der Waals surface area contributed by atoms with Gasteiger partial charge in [0.25, 0.3) is 0 Å². The number of amides is 1. The lowest BCUT2D eigenvalue weighted by Crippen LogP contribution is -2.38. The number of hydrogen-bond acceptors (Lipinski definition) is 5. The van der Waals surface area contributed by atoms with Gasteiger partial charge in [-0.05, 0) is 52.7 Å². The summed E-state index contributed by atoms with van der Waals surface area (Å²) < 4.78 is 5.38. The molecule has 0 saturated carbocycles. The molecule has 134 valence electrons. The number of nitrogens with zero attached hydrogens (tertiary/aromatic N) is 2. The predicted octanol–water partition coefficient (Wildman–Crippen LogP) is 4.03.